The van der Waals surface area contributed by atoms with Crippen molar-refractivity contribution in [1.82, 2.24) is 10.6 Å². The smallest absolute Gasteiger partial charge is 0.352 e. The molecule has 5 nitrogen and oxygen atoms in total. The number of hydrogen-bond acceptors (Lipinski definition) is 2. The lowest BCUT2D eigenvalue weighted by molar-refractivity contribution is -0.137. The number of rotatable bonds is 4. The minimum absolute atomic E-state index is 0.0261. The summed E-state index contributed by atoms with van der Waals surface area (Å²) < 4.78 is 50.7. The lowest BCUT2D eigenvalue weighted by atomic mass is 10.1. The standard InChI is InChI=1S/C11H11F4N3O2/c12-8-2-1-6(11(13,14)15)5-7(8)9(19)17-3-4-18-10(16)20/h1-2,5H,3-4H2,(H,17,19)(H3,16,18,20). The molecule has 0 aliphatic rings. The normalized spacial score (nSPS) is 11.0. The Kier molecular flexibility index (Phi) is 4.89. The van der Waals surface area contributed by atoms with E-state index in [2.05, 4.69) is 10.6 Å². The second kappa shape index (κ2) is 6.22. The average Bonchev–Trinajstić information content (AvgIpc) is 2.33. The number of carbonyl (C=O) groups is 2. The maximum absolute atomic E-state index is 13.3. The number of amides is 3. The van der Waals surface area contributed by atoms with Crippen molar-refractivity contribution < 1.29 is 27.2 Å². The highest BCUT2D eigenvalue weighted by Gasteiger charge is 2.31. The van der Waals surface area contributed by atoms with Gasteiger partial charge in [0.2, 0.25) is 0 Å². The average molecular weight is 293 g/mol. The Morgan fingerprint density at radius 2 is 1.75 bits per heavy atom. The van der Waals surface area contributed by atoms with Crippen LogP contribution in [0, 0.1) is 5.82 Å². The Balaban J connectivity index is 2.74. The Morgan fingerprint density at radius 1 is 1.15 bits per heavy atom. The highest BCUT2D eigenvalue weighted by molar-refractivity contribution is 5.94. The van der Waals surface area contributed by atoms with Crippen molar-refractivity contribution in [2.45, 2.75) is 6.18 Å². The van der Waals surface area contributed by atoms with Gasteiger partial charge in [-0.2, -0.15) is 13.2 Å². The Hall–Kier alpha value is -2.32. The van der Waals surface area contributed by atoms with Gasteiger partial charge in [-0.15, -0.1) is 0 Å². The van der Waals surface area contributed by atoms with Crippen LogP contribution >= 0.6 is 0 Å². The van der Waals surface area contributed by atoms with Gasteiger partial charge in [0, 0.05) is 13.1 Å². The molecule has 0 fully saturated rings. The predicted octanol–water partition coefficient (Wildman–Crippen LogP) is 1.24. The Labute approximate surface area is 111 Å². The molecule has 20 heavy (non-hydrogen) atoms. The summed E-state index contributed by atoms with van der Waals surface area (Å²) in [6, 6.07) is 0.719. The van der Waals surface area contributed by atoms with Gasteiger partial charge >= 0.3 is 12.2 Å². The molecule has 0 saturated carbocycles. The highest BCUT2D eigenvalue weighted by atomic mass is 19.4. The molecule has 4 N–H and O–H groups in total. The molecule has 0 heterocycles. The molecule has 1 rings (SSSR count). The fourth-order valence-corrected chi connectivity index (χ4v) is 1.33. The SMILES string of the molecule is NC(=O)NCCNC(=O)c1cc(C(F)(F)F)ccc1F. The summed E-state index contributed by atoms with van der Waals surface area (Å²) in [7, 11) is 0. The minimum atomic E-state index is -4.67. The largest absolute Gasteiger partial charge is 0.416 e. The Morgan fingerprint density at radius 3 is 2.30 bits per heavy atom. The van der Waals surface area contributed by atoms with Crippen molar-refractivity contribution in [3.63, 3.8) is 0 Å². The third kappa shape index (κ3) is 4.41. The van der Waals surface area contributed by atoms with Gasteiger partial charge in [-0.25, -0.2) is 9.18 Å². The molecule has 0 aromatic heterocycles. The fraction of sp³-hybridized carbons (Fsp3) is 0.273. The van der Waals surface area contributed by atoms with Gasteiger partial charge < -0.3 is 16.4 Å². The van der Waals surface area contributed by atoms with Crippen molar-refractivity contribution in [3.05, 3.63) is 35.1 Å². The van der Waals surface area contributed by atoms with Crippen LogP contribution in [0.2, 0.25) is 0 Å². The van der Waals surface area contributed by atoms with Crippen molar-refractivity contribution >= 4 is 11.9 Å². The number of halogens is 4. The zero-order chi connectivity index (χ0) is 15.3. The number of nitrogens with two attached hydrogens (primary N) is 1. The summed E-state index contributed by atoms with van der Waals surface area (Å²) in [6.45, 7) is -0.126. The van der Waals surface area contributed by atoms with E-state index in [1.807, 2.05) is 0 Å². The van der Waals surface area contributed by atoms with Crippen LogP contribution in [-0.2, 0) is 6.18 Å². The van der Waals surface area contributed by atoms with Gasteiger partial charge in [-0.1, -0.05) is 0 Å². The first-order chi connectivity index (χ1) is 9.21. The molecule has 0 atom stereocenters. The van der Waals surface area contributed by atoms with Crippen molar-refractivity contribution in [2.24, 2.45) is 5.73 Å². The molecule has 1 aromatic carbocycles. The molecule has 0 spiro atoms. The molecule has 0 aliphatic heterocycles. The van der Waals surface area contributed by atoms with Crippen molar-refractivity contribution in [2.75, 3.05) is 13.1 Å². The lowest BCUT2D eigenvalue weighted by Gasteiger charge is -2.10. The van der Waals surface area contributed by atoms with E-state index in [4.69, 9.17) is 5.73 Å². The molecule has 1 aromatic rings. The summed E-state index contributed by atoms with van der Waals surface area (Å²) in [5.74, 6) is -2.08. The van der Waals surface area contributed by atoms with Crippen LogP contribution in [0.5, 0.6) is 0 Å². The van der Waals surface area contributed by atoms with Crippen molar-refractivity contribution in [3.8, 4) is 0 Å². The molecule has 9 heteroatoms. The number of carbonyl (C=O) groups excluding carboxylic acids is 2. The summed E-state index contributed by atoms with van der Waals surface area (Å²) in [4.78, 5) is 21.9. The number of primary amides is 1. The number of urea groups is 1. The first kappa shape index (κ1) is 15.7. The van der Waals surface area contributed by atoms with Gasteiger partial charge in [0.05, 0.1) is 11.1 Å². The van der Waals surface area contributed by atoms with Crippen LogP contribution in [0.4, 0.5) is 22.4 Å². The van der Waals surface area contributed by atoms with Crippen LogP contribution in [0.25, 0.3) is 0 Å². The number of alkyl halides is 3. The van der Waals surface area contributed by atoms with Crippen LogP contribution < -0.4 is 16.4 Å². The zero-order valence-corrected chi connectivity index (χ0v) is 10.1. The molecule has 0 bridgehead atoms. The zero-order valence-electron chi connectivity index (χ0n) is 10.1. The molecular formula is C11H11F4N3O2. The minimum Gasteiger partial charge on any atom is -0.352 e. The van der Waals surface area contributed by atoms with Gasteiger partial charge in [0.15, 0.2) is 0 Å². The van der Waals surface area contributed by atoms with Crippen LogP contribution in [-0.4, -0.2) is 25.0 Å². The number of benzene rings is 1. The van der Waals surface area contributed by atoms with E-state index >= 15 is 0 Å². The van der Waals surface area contributed by atoms with E-state index in [0.29, 0.717) is 18.2 Å². The lowest BCUT2D eigenvalue weighted by Crippen LogP contribution is -2.37. The molecule has 0 radical (unpaired) electrons. The predicted molar refractivity (Wildman–Crippen MR) is 61.3 cm³/mol. The van der Waals surface area contributed by atoms with E-state index in [-0.39, 0.29) is 13.1 Å². The van der Waals surface area contributed by atoms with Gasteiger partial charge in [-0.3, -0.25) is 4.79 Å². The Bertz CT molecular complexity index is 517. The maximum atomic E-state index is 13.3. The molecule has 0 unspecified atom stereocenters. The molecule has 110 valence electrons. The second-order valence-electron chi connectivity index (χ2n) is 3.74. The van der Waals surface area contributed by atoms with Gasteiger partial charge in [-0.05, 0) is 18.2 Å². The highest BCUT2D eigenvalue weighted by Crippen LogP contribution is 2.30. The third-order valence-corrected chi connectivity index (χ3v) is 2.25. The topological polar surface area (TPSA) is 84.2 Å². The van der Waals surface area contributed by atoms with Gasteiger partial charge in [0.25, 0.3) is 5.91 Å². The van der Waals surface area contributed by atoms with E-state index in [1.165, 1.54) is 0 Å². The number of nitrogens with one attached hydrogen (secondary N) is 2. The van der Waals surface area contributed by atoms with E-state index in [9.17, 15) is 27.2 Å². The van der Waals surface area contributed by atoms with E-state index < -0.39 is 35.1 Å². The molecular weight excluding hydrogens is 282 g/mol. The molecule has 0 saturated heterocycles. The second-order valence-corrected chi connectivity index (χ2v) is 3.74. The first-order valence-corrected chi connectivity index (χ1v) is 5.40. The summed E-state index contributed by atoms with van der Waals surface area (Å²) in [5.41, 5.74) is 2.92. The van der Waals surface area contributed by atoms with E-state index in [1.54, 1.807) is 0 Å². The first-order valence-electron chi connectivity index (χ1n) is 5.40. The quantitative estimate of drug-likeness (QED) is 0.576. The van der Waals surface area contributed by atoms with Crippen LogP contribution in [0.15, 0.2) is 18.2 Å². The summed E-state index contributed by atoms with van der Waals surface area (Å²) in [5, 5.41) is 4.31. The summed E-state index contributed by atoms with van der Waals surface area (Å²) >= 11 is 0. The molecule has 3 amide bonds. The summed E-state index contributed by atoms with van der Waals surface area (Å²) in [6.07, 6.45) is -4.67. The van der Waals surface area contributed by atoms with Crippen molar-refractivity contribution in [1.29, 1.82) is 0 Å². The molecule has 0 aliphatic carbocycles. The fourth-order valence-electron chi connectivity index (χ4n) is 1.33. The van der Waals surface area contributed by atoms with Crippen LogP contribution in [0.3, 0.4) is 0 Å². The third-order valence-electron chi connectivity index (χ3n) is 2.25. The maximum Gasteiger partial charge on any atom is 0.416 e. The van der Waals surface area contributed by atoms with Crippen LogP contribution in [0.1, 0.15) is 15.9 Å². The monoisotopic (exact) mass is 293 g/mol. The van der Waals surface area contributed by atoms with Gasteiger partial charge in [0.1, 0.15) is 5.82 Å². The number of hydrogen-bond donors (Lipinski definition) is 3. The van der Waals surface area contributed by atoms with E-state index in [0.717, 1.165) is 0 Å².